The van der Waals surface area contributed by atoms with Gasteiger partial charge in [-0.25, -0.2) is 4.79 Å². The molecule has 0 amide bonds. The minimum atomic E-state index is -1.03. The zero-order valence-corrected chi connectivity index (χ0v) is 4.31. The summed E-state index contributed by atoms with van der Waals surface area (Å²) in [6.07, 6.45) is 0. The van der Waals surface area contributed by atoms with Crippen molar-refractivity contribution < 1.29 is 14.7 Å². The van der Waals surface area contributed by atoms with Crippen LogP contribution in [0.2, 0.25) is 0 Å². The molecular weight excluding hydrogens is 118 g/mol. The Balaban J connectivity index is 2.82. The van der Waals surface area contributed by atoms with Gasteiger partial charge in [0.05, 0.1) is 0 Å². The molecule has 0 atom stereocenters. The van der Waals surface area contributed by atoms with Gasteiger partial charge in [-0.3, -0.25) is 4.84 Å². The van der Waals surface area contributed by atoms with Crippen molar-refractivity contribution in [3.05, 3.63) is 0 Å². The van der Waals surface area contributed by atoms with Crippen LogP contribution in [0.5, 0.6) is 0 Å². The molecule has 7 heavy (non-hydrogen) atoms. The number of carboxylic acid groups (broad SMARTS) is 1. The molecule has 0 radical (unpaired) electrons. The molecule has 2 N–H and O–H groups in total. The lowest BCUT2D eigenvalue weighted by molar-refractivity contribution is -0.143. The Morgan fingerprint density at radius 1 is 2.00 bits per heavy atom. The molecule has 0 saturated heterocycles. The molecule has 0 aliphatic carbocycles. The van der Waals surface area contributed by atoms with Crippen LogP contribution in [-0.4, -0.2) is 17.7 Å². The van der Waals surface area contributed by atoms with Crippen molar-refractivity contribution >= 4 is 18.8 Å². The molecule has 0 heterocycles. The van der Waals surface area contributed by atoms with Crippen LogP contribution in [0.15, 0.2) is 0 Å². The minimum Gasteiger partial charge on any atom is -0.479 e. The number of carboxylic acids is 1. The first-order chi connectivity index (χ1) is 3.27. The van der Waals surface area contributed by atoms with E-state index in [1.807, 2.05) is 4.89 Å². The highest BCUT2D eigenvalue weighted by Crippen LogP contribution is 1.66. The number of aliphatic carboxylic acids is 1. The summed E-state index contributed by atoms with van der Waals surface area (Å²) in [6.45, 7) is -0.372. The molecule has 42 valence electrons. The lowest BCUT2D eigenvalue weighted by Crippen LogP contribution is -2.11. The average molecular weight is 123 g/mol. The van der Waals surface area contributed by atoms with E-state index in [9.17, 15) is 4.79 Å². The molecule has 0 bridgehead atoms. The van der Waals surface area contributed by atoms with Gasteiger partial charge < -0.3 is 5.11 Å². The molecular formula is C2H5NO3S. The van der Waals surface area contributed by atoms with E-state index in [1.54, 1.807) is 0 Å². The van der Waals surface area contributed by atoms with E-state index in [-0.39, 0.29) is 6.61 Å². The van der Waals surface area contributed by atoms with Gasteiger partial charge in [0, 0.05) is 0 Å². The molecule has 0 spiro atoms. The highest BCUT2D eigenvalue weighted by Gasteiger charge is 1.91. The Bertz CT molecular complexity index is 66.0. The van der Waals surface area contributed by atoms with Crippen LogP contribution >= 0.6 is 12.8 Å². The van der Waals surface area contributed by atoms with Gasteiger partial charge >= 0.3 is 5.97 Å². The number of thiol groups is 1. The van der Waals surface area contributed by atoms with E-state index in [1.165, 1.54) is 0 Å². The maximum Gasteiger partial charge on any atom is 0.331 e. The molecule has 0 aliphatic heterocycles. The van der Waals surface area contributed by atoms with Crippen molar-refractivity contribution in [3.63, 3.8) is 0 Å². The molecule has 0 fully saturated rings. The fraction of sp³-hybridized carbons (Fsp3) is 0.500. The summed E-state index contributed by atoms with van der Waals surface area (Å²) in [5, 5.41) is 7.85. The lowest BCUT2D eigenvalue weighted by atomic mass is 10.8. The van der Waals surface area contributed by atoms with Crippen LogP contribution in [0.4, 0.5) is 0 Å². The van der Waals surface area contributed by atoms with Crippen LogP contribution in [0.1, 0.15) is 0 Å². The van der Waals surface area contributed by atoms with E-state index < -0.39 is 5.97 Å². The minimum absolute atomic E-state index is 0.372. The topological polar surface area (TPSA) is 58.6 Å². The summed E-state index contributed by atoms with van der Waals surface area (Å²) in [7, 11) is 0. The molecule has 0 aromatic rings. The van der Waals surface area contributed by atoms with E-state index in [0.717, 1.165) is 0 Å². The van der Waals surface area contributed by atoms with Crippen molar-refractivity contribution in [1.82, 2.24) is 4.89 Å². The third kappa shape index (κ3) is 5.74. The fourth-order valence-electron chi connectivity index (χ4n) is 0.0940. The Labute approximate surface area is 46.0 Å². The van der Waals surface area contributed by atoms with Gasteiger partial charge in [-0.05, 0) is 0 Å². The van der Waals surface area contributed by atoms with Gasteiger partial charge in [0.2, 0.25) is 0 Å². The number of hydrogen-bond donors (Lipinski definition) is 3. The summed E-state index contributed by atoms with van der Waals surface area (Å²) in [4.78, 5) is 15.6. The fourth-order valence-corrected chi connectivity index (χ4v) is 0.159. The van der Waals surface area contributed by atoms with E-state index >= 15 is 0 Å². The Kier molecular flexibility index (Phi) is 3.77. The first kappa shape index (κ1) is 6.74. The summed E-state index contributed by atoms with van der Waals surface area (Å²) >= 11 is 3.36. The van der Waals surface area contributed by atoms with Crippen LogP contribution in [0.25, 0.3) is 0 Å². The second-order valence-corrected chi connectivity index (χ2v) is 0.956. The van der Waals surface area contributed by atoms with Crippen molar-refractivity contribution in [2.24, 2.45) is 0 Å². The van der Waals surface area contributed by atoms with E-state index in [2.05, 4.69) is 17.7 Å². The summed E-state index contributed by atoms with van der Waals surface area (Å²) in [6, 6.07) is 0. The van der Waals surface area contributed by atoms with Crippen molar-refractivity contribution in [2.45, 2.75) is 0 Å². The van der Waals surface area contributed by atoms with Crippen LogP contribution in [-0.2, 0) is 9.63 Å². The second-order valence-electron chi connectivity index (χ2n) is 0.774. The van der Waals surface area contributed by atoms with Gasteiger partial charge in [0.15, 0.2) is 6.61 Å². The predicted octanol–water partition coefficient (Wildman–Crippen LogP) is -0.563. The Hall–Kier alpha value is -0.260. The van der Waals surface area contributed by atoms with Gasteiger partial charge in [0.1, 0.15) is 0 Å². The second kappa shape index (κ2) is 3.91. The van der Waals surface area contributed by atoms with Gasteiger partial charge in [-0.2, -0.15) is 0 Å². The first-order valence-corrected chi connectivity index (χ1v) is 1.94. The number of rotatable bonds is 3. The van der Waals surface area contributed by atoms with Crippen LogP contribution in [0.3, 0.4) is 0 Å². The molecule has 4 nitrogen and oxygen atoms in total. The first-order valence-electron chi connectivity index (χ1n) is 1.50. The lowest BCUT2D eigenvalue weighted by Gasteiger charge is -1.90. The monoisotopic (exact) mass is 123 g/mol. The Morgan fingerprint density at radius 3 is 2.71 bits per heavy atom. The van der Waals surface area contributed by atoms with Crippen LogP contribution in [0, 0.1) is 0 Å². The zero-order valence-electron chi connectivity index (χ0n) is 3.42. The molecule has 0 aliphatic rings. The quantitative estimate of drug-likeness (QED) is 0.347. The summed E-state index contributed by atoms with van der Waals surface area (Å²) in [5.74, 6) is -1.03. The maximum atomic E-state index is 9.56. The highest BCUT2D eigenvalue weighted by atomic mass is 32.1. The Morgan fingerprint density at radius 2 is 2.57 bits per heavy atom. The zero-order chi connectivity index (χ0) is 5.70. The van der Waals surface area contributed by atoms with Crippen molar-refractivity contribution in [2.75, 3.05) is 6.61 Å². The molecule has 0 rings (SSSR count). The number of carbonyl (C=O) groups is 1. The van der Waals surface area contributed by atoms with E-state index in [4.69, 9.17) is 5.11 Å². The van der Waals surface area contributed by atoms with Crippen molar-refractivity contribution in [3.8, 4) is 0 Å². The summed E-state index contributed by atoms with van der Waals surface area (Å²) in [5.41, 5.74) is 0. The standard InChI is InChI=1S/C2H5NO3S/c4-2(5)1-6-3-7/h3,7H,1H2,(H,4,5). The predicted molar refractivity (Wildman–Crippen MR) is 25.7 cm³/mol. The molecule has 0 aromatic carbocycles. The molecule has 0 unspecified atom stereocenters. The highest BCUT2D eigenvalue weighted by molar-refractivity contribution is 7.77. The van der Waals surface area contributed by atoms with E-state index in [0.29, 0.717) is 0 Å². The van der Waals surface area contributed by atoms with Gasteiger partial charge in [-0.1, -0.05) is 12.8 Å². The van der Waals surface area contributed by atoms with Crippen LogP contribution < -0.4 is 4.89 Å². The largest absolute Gasteiger partial charge is 0.479 e. The molecule has 0 saturated carbocycles. The third-order valence-electron chi connectivity index (χ3n) is 0.260. The molecule has 0 aromatic heterocycles. The smallest absolute Gasteiger partial charge is 0.331 e. The van der Waals surface area contributed by atoms with Gasteiger partial charge in [-0.15, -0.1) is 4.89 Å². The molecule has 5 heteroatoms. The third-order valence-corrected chi connectivity index (χ3v) is 0.389. The average Bonchev–Trinajstić information content (AvgIpc) is 1.61. The number of nitrogens with one attached hydrogen (secondary N) is 1. The van der Waals surface area contributed by atoms with Gasteiger partial charge in [0.25, 0.3) is 0 Å². The normalized spacial score (nSPS) is 8.71. The summed E-state index contributed by atoms with van der Waals surface area (Å²) < 4.78 is 0. The maximum absolute atomic E-state index is 9.56. The van der Waals surface area contributed by atoms with Crippen molar-refractivity contribution in [1.29, 1.82) is 0 Å². The SMILES string of the molecule is O=C(O)CONS. The number of hydrogen-bond acceptors (Lipinski definition) is 4.